The number of piperazine rings is 1. The molecule has 2 aromatic heterocycles. The number of benzene rings is 2. The lowest BCUT2D eigenvalue weighted by molar-refractivity contribution is -0.119. The number of H-pyrrole nitrogens is 1. The fraction of sp³-hybridized carbons (Fsp3) is 0.241. The third kappa shape index (κ3) is 6.91. The number of hydrogen-bond acceptors (Lipinski definition) is 7. The maximum absolute atomic E-state index is 15.0. The molecule has 4 aromatic rings. The number of halogens is 2. The van der Waals surface area contributed by atoms with Crippen molar-refractivity contribution in [3.63, 3.8) is 0 Å². The van der Waals surface area contributed by atoms with Gasteiger partial charge in [0.2, 0.25) is 5.91 Å². The zero-order chi connectivity index (χ0) is 28.9. The summed E-state index contributed by atoms with van der Waals surface area (Å²) in [5.74, 6) is -1.79. The molecule has 5 rings (SSSR count). The molecule has 10 nitrogen and oxygen atoms in total. The Bertz CT molecular complexity index is 1580. The number of ether oxygens (including phenoxy) is 1. The molecule has 3 N–H and O–H groups in total. The number of imide groups is 1. The number of urea groups is 1. The lowest BCUT2D eigenvalue weighted by Crippen LogP contribution is -2.46. The van der Waals surface area contributed by atoms with E-state index in [4.69, 9.17) is 4.74 Å². The van der Waals surface area contributed by atoms with Gasteiger partial charge in [0.1, 0.15) is 17.2 Å². The average Bonchev–Trinajstić information content (AvgIpc) is 3.38. The van der Waals surface area contributed by atoms with Crippen molar-refractivity contribution < 1.29 is 27.9 Å². The van der Waals surface area contributed by atoms with E-state index in [1.165, 1.54) is 42.6 Å². The van der Waals surface area contributed by atoms with E-state index in [2.05, 4.69) is 30.4 Å². The van der Waals surface area contributed by atoms with Crippen molar-refractivity contribution >= 4 is 34.4 Å². The predicted molar refractivity (Wildman–Crippen MR) is 148 cm³/mol. The Hall–Kier alpha value is -4.68. The summed E-state index contributed by atoms with van der Waals surface area (Å²) in [5.41, 5.74) is 1.46. The van der Waals surface area contributed by atoms with Crippen LogP contribution in [0.25, 0.3) is 11.0 Å². The molecule has 0 unspecified atom stereocenters. The van der Waals surface area contributed by atoms with E-state index in [9.17, 15) is 23.2 Å². The minimum atomic E-state index is -0.850. The fourth-order valence-corrected chi connectivity index (χ4v) is 4.53. The number of hydrogen-bond donors (Lipinski definition) is 3. The topological polar surface area (TPSA) is 120 Å². The minimum Gasteiger partial charge on any atom is -0.453 e. The van der Waals surface area contributed by atoms with Crippen LogP contribution in [0.2, 0.25) is 0 Å². The van der Waals surface area contributed by atoms with Gasteiger partial charge in [-0.3, -0.25) is 19.8 Å². The van der Waals surface area contributed by atoms with Crippen LogP contribution >= 0.6 is 0 Å². The second-order valence-corrected chi connectivity index (χ2v) is 9.79. The number of aromatic nitrogens is 2. The number of aromatic amines is 1. The number of fused-ring (bicyclic) bond motifs is 1. The third-order valence-electron chi connectivity index (χ3n) is 6.74. The van der Waals surface area contributed by atoms with Crippen LogP contribution in [0.5, 0.6) is 11.5 Å². The summed E-state index contributed by atoms with van der Waals surface area (Å²) in [7, 11) is 2.05. The summed E-state index contributed by atoms with van der Waals surface area (Å²) in [5, 5.41) is 4.99. The Morgan fingerprint density at radius 1 is 1.00 bits per heavy atom. The van der Waals surface area contributed by atoms with Gasteiger partial charge in [0, 0.05) is 55.9 Å². The number of rotatable bonds is 8. The van der Waals surface area contributed by atoms with Crippen molar-refractivity contribution in [2.45, 2.75) is 6.42 Å². The standard InChI is InChI=1S/C29H28F2N6O4/c1-36-10-12-37(13-11-36)17-23(38)21-16-33-28-27(21)25(8-9-32-28)41-24-7-6-20(15-22(24)31)34-29(40)35-26(39)14-18-2-4-19(30)5-3-18/h2-9,15-16H,10-14,17H2,1H3,(H,32,33)(H2,34,35,39,40). The maximum atomic E-state index is 15.0. The predicted octanol–water partition coefficient (Wildman–Crippen LogP) is 3.95. The van der Waals surface area contributed by atoms with Crippen LogP contribution in [0.15, 0.2) is 60.9 Å². The van der Waals surface area contributed by atoms with Gasteiger partial charge < -0.3 is 19.9 Å². The smallest absolute Gasteiger partial charge is 0.325 e. The lowest BCUT2D eigenvalue weighted by atomic mass is 10.1. The molecular formula is C29H28F2N6O4. The molecule has 0 aliphatic carbocycles. The van der Waals surface area contributed by atoms with Crippen LogP contribution in [0, 0.1) is 11.6 Å². The molecule has 41 heavy (non-hydrogen) atoms. The van der Waals surface area contributed by atoms with Gasteiger partial charge in [-0.1, -0.05) is 12.1 Å². The highest BCUT2D eigenvalue weighted by molar-refractivity contribution is 6.10. The number of likely N-dealkylation sites (N-methyl/N-ethyl adjacent to an activating group) is 1. The van der Waals surface area contributed by atoms with Gasteiger partial charge in [-0.2, -0.15) is 0 Å². The number of Topliss-reactive ketones (excluding diaryl/α,β-unsaturated/α-hetero) is 1. The maximum Gasteiger partial charge on any atom is 0.325 e. The largest absolute Gasteiger partial charge is 0.453 e. The van der Waals surface area contributed by atoms with Crippen LogP contribution < -0.4 is 15.4 Å². The molecule has 2 aromatic carbocycles. The first-order valence-electron chi connectivity index (χ1n) is 13.0. The fourth-order valence-electron chi connectivity index (χ4n) is 4.53. The Kier molecular flexibility index (Phi) is 8.31. The molecular weight excluding hydrogens is 534 g/mol. The SMILES string of the molecule is CN1CCN(CC(=O)c2c[nH]c3nccc(Oc4ccc(NC(=O)NC(=O)Cc5ccc(F)cc5)cc4F)c23)CC1. The van der Waals surface area contributed by atoms with Gasteiger partial charge in [0.15, 0.2) is 17.3 Å². The highest BCUT2D eigenvalue weighted by atomic mass is 19.1. The second-order valence-electron chi connectivity index (χ2n) is 9.79. The van der Waals surface area contributed by atoms with Gasteiger partial charge in [-0.05, 0) is 42.9 Å². The Labute approximate surface area is 234 Å². The minimum absolute atomic E-state index is 0.0893. The van der Waals surface area contributed by atoms with Crippen molar-refractivity contribution in [3.05, 3.63) is 83.7 Å². The van der Waals surface area contributed by atoms with E-state index in [0.29, 0.717) is 22.2 Å². The number of amides is 3. The first-order valence-corrected chi connectivity index (χ1v) is 13.0. The molecule has 3 amide bonds. The number of anilines is 1. The van der Waals surface area contributed by atoms with Crippen LogP contribution in [-0.4, -0.2) is 77.3 Å². The molecule has 0 saturated carbocycles. The molecule has 0 spiro atoms. The third-order valence-corrected chi connectivity index (χ3v) is 6.74. The number of nitrogens with one attached hydrogen (secondary N) is 3. The van der Waals surface area contributed by atoms with Crippen LogP contribution in [0.4, 0.5) is 19.3 Å². The van der Waals surface area contributed by atoms with Crippen molar-refractivity contribution in [1.29, 1.82) is 0 Å². The monoisotopic (exact) mass is 562 g/mol. The van der Waals surface area contributed by atoms with E-state index < -0.39 is 23.6 Å². The molecule has 0 atom stereocenters. The Morgan fingerprint density at radius 3 is 2.49 bits per heavy atom. The quantitative estimate of drug-likeness (QED) is 0.278. The number of nitrogens with zero attached hydrogens (tertiary/aromatic N) is 3. The summed E-state index contributed by atoms with van der Waals surface area (Å²) in [4.78, 5) is 49.1. The molecule has 1 aliphatic rings. The van der Waals surface area contributed by atoms with E-state index >= 15 is 0 Å². The molecule has 212 valence electrons. The van der Waals surface area contributed by atoms with E-state index in [1.807, 2.05) is 7.05 Å². The Balaban J connectivity index is 1.24. The van der Waals surface area contributed by atoms with Crippen LogP contribution in [-0.2, 0) is 11.2 Å². The molecule has 0 bridgehead atoms. The van der Waals surface area contributed by atoms with Gasteiger partial charge in [0.05, 0.1) is 18.4 Å². The van der Waals surface area contributed by atoms with Gasteiger partial charge in [-0.15, -0.1) is 0 Å². The van der Waals surface area contributed by atoms with E-state index in [-0.39, 0.29) is 35.9 Å². The molecule has 12 heteroatoms. The second kappa shape index (κ2) is 12.2. The van der Waals surface area contributed by atoms with Gasteiger partial charge >= 0.3 is 6.03 Å². The average molecular weight is 563 g/mol. The zero-order valence-electron chi connectivity index (χ0n) is 22.2. The zero-order valence-corrected chi connectivity index (χ0v) is 22.2. The number of carbonyl (C=O) groups excluding carboxylic acids is 3. The molecule has 1 fully saturated rings. The molecule has 3 heterocycles. The van der Waals surface area contributed by atoms with Crippen LogP contribution in [0.1, 0.15) is 15.9 Å². The number of carbonyl (C=O) groups is 3. The van der Waals surface area contributed by atoms with Crippen molar-refractivity contribution in [2.24, 2.45) is 0 Å². The summed E-state index contributed by atoms with van der Waals surface area (Å²) in [6.45, 7) is 3.60. The van der Waals surface area contributed by atoms with E-state index in [1.54, 1.807) is 12.3 Å². The first-order chi connectivity index (χ1) is 19.7. The van der Waals surface area contributed by atoms with Crippen molar-refractivity contribution in [3.8, 4) is 11.5 Å². The molecule has 1 aliphatic heterocycles. The van der Waals surface area contributed by atoms with Crippen LogP contribution in [0.3, 0.4) is 0 Å². The van der Waals surface area contributed by atoms with Crippen molar-refractivity contribution in [2.75, 3.05) is 45.1 Å². The van der Waals surface area contributed by atoms with Crippen molar-refractivity contribution in [1.82, 2.24) is 25.1 Å². The molecule has 0 radical (unpaired) electrons. The normalized spacial score (nSPS) is 14.1. The Morgan fingerprint density at radius 2 is 1.76 bits per heavy atom. The molecule has 1 saturated heterocycles. The summed E-state index contributed by atoms with van der Waals surface area (Å²) in [6, 6.07) is 9.81. The highest BCUT2D eigenvalue weighted by Crippen LogP contribution is 2.33. The van der Waals surface area contributed by atoms with Gasteiger partial charge in [0.25, 0.3) is 0 Å². The summed E-state index contributed by atoms with van der Waals surface area (Å²) in [6.07, 6.45) is 2.95. The summed E-state index contributed by atoms with van der Waals surface area (Å²) < 4.78 is 33.9. The van der Waals surface area contributed by atoms with E-state index in [0.717, 1.165) is 32.2 Å². The highest BCUT2D eigenvalue weighted by Gasteiger charge is 2.22. The number of pyridine rings is 1. The van der Waals surface area contributed by atoms with Gasteiger partial charge in [-0.25, -0.2) is 18.6 Å². The summed E-state index contributed by atoms with van der Waals surface area (Å²) >= 11 is 0. The lowest BCUT2D eigenvalue weighted by Gasteiger charge is -2.31. The first kappa shape index (κ1) is 27.9. The number of ketones is 1.